The second kappa shape index (κ2) is 6.67. The zero-order valence-electron chi connectivity index (χ0n) is 11.9. The van der Waals surface area contributed by atoms with Crippen molar-refractivity contribution in [2.75, 3.05) is 6.54 Å². The first-order chi connectivity index (χ1) is 9.15. The molecule has 0 unspecified atom stereocenters. The molecule has 2 rings (SSSR count). The third kappa shape index (κ3) is 4.32. The minimum Gasteiger partial charge on any atom is -0.288 e. The van der Waals surface area contributed by atoms with Gasteiger partial charge in [0.15, 0.2) is 0 Å². The van der Waals surface area contributed by atoms with E-state index in [9.17, 15) is 0 Å². The smallest absolute Gasteiger partial charge is 0.0489 e. The Balaban J connectivity index is 1.89. The quantitative estimate of drug-likeness (QED) is 0.696. The summed E-state index contributed by atoms with van der Waals surface area (Å²) in [6, 6.07) is 13.0. The molecule has 0 saturated heterocycles. The molecule has 0 spiro atoms. The van der Waals surface area contributed by atoms with E-state index in [2.05, 4.69) is 62.5 Å². The van der Waals surface area contributed by atoms with Crippen molar-refractivity contribution < 1.29 is 0 Å². The molecule has 100 valence electrons. The van der Waals surface area contributed by atoms with Gasteiger partial charge in [0.05, 0.1) is 0 Å². The van der Waals surface area contributed by atoms with E-state index < -0.39 is 0 Å². The Morgan fingerprint density at radius 3 is 2.58 bits per heavy atom. The number of aliphatic imine (C=N–C) groups is 1. The van der Waals surface area contributed by atoms with E-state index >= 15 is 0 Å². The Labute approximate surface area is 120 Å². The molecule has 0 N–H and O–H groups in total. The number of aryl methyl sites for hydroxylation is 1. The number of thiophene rings is 1. The molecule has 0 aliphatic carbocycles. The first-order valence-corrected chi connectivity index (χ1v) is 7.63. The molecule has 0 bridgehead atoms. The summed E-state index contributed by atoms with van der Waals surface area (Å²) in [6.45, 7) is 7.40. The second-order valence-corrected chi connectivity index (χ2v) is 6.15. The summed E-state index contributed by atoms with van der Waals surface area (Å²) in [6.07, 6.45) is 1.10. The first-order valence-electron chi connectivity index (χ1n) is 6.75. The highest BCUT2D eigenvalue weighted by Crippen LogP contribution is 2.13. The van der Waals surface area contributed by atoms with Crippen molar-refractivity contribution in [3.8, 4) is 0 Å². The van der Waals surface area contributed by atoms with Crippen LogP contribution >= 0.6 is 11.3 Å². The Morgan fingerprint density at radius 1 is 1.21 bits per heavy atom. The fraction of sp³-hybridized carbons (Fsp3) is 0.353. The van der Waals surface area contributed by atoms with Gasteiger partial charge in [0.1, 0.15) is 0 Å². The van der Waals surface area contributed by atoms with Crippen molar-refractivity contribution in [2.45, 2.75) is 27.2 Å². The lowest BCUT2D eigenvalue weighted by Crippen LogP contribution is -2.06. The molecule has 0 fully saturated rings. The van der Waals surface area contributed by atoms with E-state index in [0.29, 0.717) is 5.92 Å². The van der Waals surface area contributed by atoms with Crippen molar-refractivity contribution in [2.24, 2.45) is 10.9 Å². The van der Waals surface area contributed by atoms with E-state index in [1.54, 1.807) is 11.3 Å². The molecule has 0 radical (unpaired) electrons. The predicted octanol–water partition coefficient (Wildman–Crippen LogP) is 4.74. The van der Waals surface area contributed by atoms with Crippen LogP contribution in [0.4, 0.5) is 0 Å². The van der Waals surface area contributed by atoms with Crippen LogP contribution in [0.15, 0.2) is 46.8 Å². The molecular weight excluding hydrogens is 250 g/mol. The fourth-order valence-electron chi connectivity index (χ4n) is 2.05. The lowest BCUT2D eigenvalue weighted by Gasteiger charge is -2.09. The van der Waals surface area contributed by atoms with Crippen molar-refractivity contribution in [1.29, 1.82) is 0 Å². The van der Waals surface area contributed by atoms with Crippen LogP contribution in [0, 0.1) is 12.8 Å². The fourth-order valence-corrected chi connectivity index (χ4v) is 2.74. The summed E-state index contributed by atoms with van der Waals surface area (Å²) < 4.78 is 0. The summed E-state index contributed by atoms with van der Waals surface area (Å²) in [5.41, 5.74) is 3.88. The van der Waals surface area contributed by atoms with E-state index in [4.69, 9.17) is 4.99 Å². The summed E-state index contributed by atoms with van der Waals surface area (Å²) >= 11 is 1.76. The van der Waals surface area contributed by atoms with E-state index in [0.717, 1.165) is 18.7 Å². The Kier molecular flexibility index (Phi) is 4.92. The van der Waals surface area contributed by atoms with Crippen LogP contribution in [0.5, 0.6) is 0 Å². The number of rotatable bonds is 5. The van der Waals surface area contributed by atoms with Gasteiger partial charge in [0, 0.05) is 17.1 Å². The molecule has 1 atom stereocenters. The normalized spacial score (nSPS) is 13.5. The van der Waals surface area contributed by atoms with Crippen LogP contribution < -0.4 is 0 Å². The van der Waals surface area contributed by atoms with Gasteiger partial charge in [-0.15, -0.1) is 11.3 Å². The largest absolute Gasteiger partial charge is 0.288 e. The molecule has 1 heterocycles. The van der Waals surface area contributed by atoms with Gasteiger partial charge in [-0.2, -0.15) is 0 Å². The van der Waals surface area contributed by atoms with Crippen molar-refractivity contribution in [3.63, 3.8) is 0 Å². The lowest BCUT2D eigenvalue weighted by molar-refractivity contribution is 0.594. The monoisotopic (exact) mass is 271 g/mol. The van der Waals surface area contributed by atoms with Crippen LogP contribution in [-0.4, -0.2) is 12.3 Å². The molecule has 2 heteroatoms. The molecule has 1 nitrogen and oxygen atoms in total. The maximum Gasteiger partial charge on any atom is 0.0489 e. The van der Waals surface area contributed by atoms with Gasteiger partial charge in [-0.05, 0) is 43.2 Å². The average molecular weight is 271 g/mol. The zero-order valence-corrected chi connectivity index (χ0v) is 12.7. The SMILES string of the molecule is CC(=NC[C@@H](C)Cc1ccc(C)cc1)c1cccs1. The van der Waals surface area contributed by atoms with E-state index in [1.807, 2.05) is 0 Å². The molecule has 0 amide bonds. The maximum atomic E-state index is 4.71. The third-order valence-corrected chi connectivity index (χ3v) is 4.20. The van der Waals surface area contributed by atoms with Crippen molar-refractivity contribution in [1.82, 2.24) is 0 Å². The van der Waals surface area contributed by atoms with Crippen LogP contribution in [-0.2, 0) is 6.42 Å². The highest BCUT2D eigenvalue weighted by atomic mass is 32.1. The van der Waals surface area contributed by atoms with Crippen molar-refractivity contribution >= 4 is 17.0 Å². The first kappa shape index (κ1) is 14.0. The average Bonchev–Trinajstić information content (AvgIpc) is 2.93. The molecule has 1 aromatic heterocycles. The Morgan fingerprint density at radius 2 is 1.95 bits per heavy atom. The maximum absolute atomic E-state index is 4.71. The van der Waals surface area contributed by atoms with Gasteiger partial charge < -0.3 is 0 Å². The standard InChI is InChI=1S/C17H21NS/c1-13-6-8-16(9-7-13)11-14(2)12-18-15(3)17-5-4-10-19-17/h4-10,14H,11-12H2,1-3H3/t14-/m0/s1. The van der Waals surface area contributed by atoms with Gasteiger partial charge >= 0.3 is 0 Å². The van der Waals surface area contributed by atoms with Gasteiger partial charge in [-0.1, -0.05) is 42.8 Å². The van der Waals surface area contributed by atoms with Gasteiger partial charge in [-0.3, -0.25) is 4.99 Å². The summed E-state index contributed by atoms with van der Waals surface area (Å²) in [7, 11) is 0. The molecule has 0 aliphatic rings. The molecule has 0 aliphatic heterocycles. The van der Waals surface area contributed by atoms with Crippen molar-refractivity contribution in [3.05, 3.63) is 57.8 Å². The number of benzene rings is 1. The van der Waals surface area contributed by atoms with Gasteiger partial charge in [-0.25, -0.2) is 0 Å². The predicted molar refractivity (Wildman–Crippen MR) is 85.4 cm³/mol. The molecule has 19 heavy (non-hydrogen) atoms. The molecule has 0 saturated carbocycles. The number of hydrogen-bond donors (Lipinski definition) is 0. The summed E-state index contributed by atoms with van der Waals surface area (Å²) in [5.74, 6) is 0.581. The zero-order chi connectivity index (χ0) is 13.7. The Hall–Kier alpha value is -1.41. The van der Waals surface area contributed by atoms with Crippen LogP contribution in [0.2, 0.25) is 0 Å². The number of hydrogen-bond acceptors (Lipinski definition) is 2. The van der Waals surface area contributed by atoms with Gasteiger partial charge in [0.25, 0.3) is 0 Å². The highest BCUT2D eigenvalue weighted by Gasteiger charge is 2.04. The summed E-state index contributed by atoms with van der Waals surface area (Å²) in [5, 5.41) is 2.10. The highest BCUT2D eigenvalue weighted by molar-refractivity contribution is 7.12. The molecular formula is C17H21NS. The van der Waals surface area contributed by atoms with E-state index in [-0.39, 0.29) is 0 Å². The minimum atomic E-state index is 0.581. The van der Waals surface area contributed by atoms with Crippen LogP contribution in [0.25, 0.3) is 0 Å². The lowest BCUT2D eigenvalue weighted by atomic mass is 10.0. The molecule has 2 aromatic rings. The van der Waals surface area contributed by atoms with Crippen LogP contribution in [0.3, 0.4) is 0 Å². The third-order valence-electron chi connectivity index (χ3n) is 3.22. The minimum absolute atomic E-state index is 0.581. The Bertz CT molecular complexity index is 523. The topological polar surface area (TPSA) is 12.4 Å². The number of nitrogens with zero attached hydrogens (tertiary/aromatic N) is 1. The second-order valence-electron chi connectivity index (χ2n) is 5.20. The van der Waals surface area contributed by atoms with Crippen LogP contribution in [0.1, 0.15) is 29.9 Å². The summed E-state index contributed by atoms with van der Waals surface area (Å²) in [4.78, 5) is 5.99. The van der Waals surface area contributed by atoms with Gasteiger partial charge in [0.2, 0.25) is 0 Å². The molecule has 1 aromatic carbocycles. The van der Waals surface area contributed by atoms with E-state index in [1.165, 1.54) is 16.0 Å².